The van der Waals surface area contributed by atoms with Crippen LogP contribution in [0.3, 0.4) is 0 Å². The topological polar surface area (TPSA) is 53.2 Å². The van der Waals surface area contributed by atoms with E-state index in [0.717, 1.165) is 48.1 Å². The van der Waals surface area contributed by atoms with Crippen LogP contribution in [0.25, 0.3) is 0 Å². The van der Waals surface area contributed by atoms with Gasteiger partial charge in [-0.05, 0) is 79.0 Å². The molecule has 1 unspecified atom stereocenters. The van der Waals surface area contributed by atoms with Gasteiger partial charge in [0.15, 0.2) is 0 Å². The molecule has 1 N–H and O–H groups in total. The molecule has 0 aromatic heterocycles. The van der Waals surface area contributed by atoms with Crippen LogP contribution in [-0.2, 0) is 10.3 Å². The highest BCUT2D eigenvalue weighted by Gasteiger charge is 2.21. The normalized spacial score (nSPS) is 12.8. The number of hydrogen-bond donors (Lipinski definition) is 1. The Morgan fingerprint density at radius 1 is 0.925 bits per heavy atom. The summed E-state index contributed by atoms with van der Waals surface area (Å²) in [6, 6.07) is 17.5. The van der Waals surface area contributed by atoms with Crippen molar-refractivity contribution < 1.29 is 9.84 Å². The smallest absolute Gasteiger partial charge is 0.119 e. The maximum absolute atomic E-state index is 9.18. The van der Waals surface area contributed by atoms with Crippen molar-refractivity contribution in [1.82, 2.24) is 0 Å². The summed E-state index contributed by atoms with van der Waals surface area (Å²) in [6.07, 6.45) is 9.55. The number of aromatic hydroxyl groups is 1. The van der Waals surface area contributed by atoms with Crippen LogP contribution in [0.15, 0.2) is 71.8 Å². The molecular weight excluding hydrogens is 537 g/mol. The van der Waals surface area contributed by atoms with E-state index in [1.54, 1.807) is 19.2 Å². The molecule has 0 saturated carbocycles. The first-order chi connectivity index (χ1) is 19.0. The lowest BCUT2D eigenvalue weighted by Crippen LogP contribution is -2.11. The fourth-order valence-electron chi connectivity index (χ4n) is 3.30. The SMILES string of the molecule is CC.CC.CC(C)(C)c1cccc(O)c1.CCC(C)(Cl)c1cccc(OC)c1.CCC1=C(C#N)CCC=C1.CCl. The molecule has 2 aromatic rings. The molecule has 1 atom stereocenters. The Balaban J connectivity index is -0.000000471. The van der Waals surface area contributed by atoms with E-state index >= 15 is 0 Å². The van der Waals surface area contributed by atoms with E-state index in [9.17, 15) is 5.11 Å². The zero-order valence-corrected chi connectivity index (χ0v) is 28.7. The van der Waals surface area contributed by atoms with Crippen LogP contribution in [0, 0.1) is 11.3 Å². The van der Waals surface area contributed by atoms with E-state index in [1.807, 2.05) is 71.0 Å². The average Bonchev–Trinajstić information content (AvgIpc) is 3.00. The van der Waals surface area contributed by atoms with E-state index < -0.39 is 0 Å². The molecule has 0 fully saturated rings. The molecule has 226 valence electrons. The standard InChI is InChI=1S/C11H15ClO.C10H14O.C9H11N.2C2H6.CH3Cl/c1-4-11(2,12)9-6-5-7-10(8-9)13-3;1-10(2,3)8-5-4-6-9(11)7-8;1-2-8-5-3-4-6-9(8)7-10;3*1-2/h5-8H,4H2,1-3H3;4-7,11H,1-3H3;3,5H,2,4,6H2,1H3;2*1-2H3;1H3. The Morgan fingerprint density at radius 2 is 1.48 bits per heavy atom. The highest BCUT2D eigenvalue weighted by Crippen LogP contribution is 2.33. The predicted octanol–water partition coefficient (Wildman–Crippen LogP) is 11.7. The Hall–Kier alpha value is -2.41. The zero-order valence-electron chi connectivity index (χ0n) is 27.2. The summed E-state index contributed by atoms with van der Waals surface area (Å²) in [7, 11) is 1.66. The van der Waals surface area contributed by atoms with Gasteiger partial charge in [-0.25, -0.2) is 0 Å². The highest BCUT2D eigenvalue weighted by molar-refractivity contribution is 6.23. The largest absolute Gasteiger partial charge is 0.508 e. The first kappa shape index (κ1) is 42.1. The van der Waals surface area contributed by atoms with Gasteiger partial charge in [-0.3, -0.25) is 0 Å². The fourth-order valence-corrected chi connectivity index (χ4v) is 3.41. The molecule has 2 aromatic carbocycles. The molecule has 0 saturated heterocycles. The number of benzene rings is 2. The van der Waals surface area contributed by atoms with Gasteiger partial charge in [-0.1, -0.05) is 98.7 Å². The number of ether oxygens (including phenoxy) is 1. The third kappa shape index (κ3) is 17.3. The summed E-state index contributed by atoms with van der Waals surface area (Å²) in [5.74, 6) is 1.20. The second-order valence-electron chi connectivity index (χ2n) is 9.49. The molecule has 3 nitrogen and oxygen atoms in total. The van der Waals surface area contributed by atoms with Crippen molar-refractivity contribution in [2.24, 2.45) is 0 Å². The minimum absolute atomic E-state index is 0.124. The molecule has 3 rings (SSSR count). The monoisotopic (exact) mass is 591 g/mol. The van der Waals surface area contributed by atoms with Gasteiger partial charge in [0.25, 0.3) is 0 Å². The summed E-state index contributed by atoms with van der Waals surface area (Å²) in [5.41, 5.74) is 4.59. The van der Waals surface area contributed by atoms with E-state index in [4.69, 9.17) is 21.6 Å². The molecule has 0 aliphatic heterocycles. The van der Waals surface area contributed by atoms with Gasteiger partial charge >= 0.3 is 0 Å². The minimum Gasteiger partial charge on any atom is -0.508 e. The quantitative estimate of drug-likeness (QED) is 0.359. The Kier molecular flexibility index (Phi) is 25.6. The third-order valence-corrected chi connectivity index (χ3v) is 6.32. The molecule has 0 heterocycles. The van der Waals surface area contributed by atoms with Crippen molar-refractivity contribution >= 4 is 23.2 Å². The van der Waals surface area contributed by atoms with Crippen LogP contribution >= 0.6 is 23.2 Å². The summed E-state index contributed by atoms with van der Waals surface area (Å²) >= 11 is 11.0. The number of phenols is 1. The van der Waals surface area contributed by atoms with Crippen molar-refractivity contribution in [3.05, 3.63) is 83.0 Å². The molecule has 0 amide bonds. The number of phenolic OH excluding ortho intramolecular Hbond substituents is 1. The van der Waals surface area contributed by atoms with E-state index in [0.29, 0.717) is 5.75 Å². The summed E-state index contributed by atoms with van der Waals surface area (Å²) in [6.45, 7) is 20.6. The van der Waals surface area contributed by atoms with Crippen LogP contribution in [0.5, 0.6) is 11.5 Å². The number of methoxy groups -OCH3 is 1. The second kappa shape index (κ2) is 24.4. The van der Waals surface area contributed by atoms with Crippen molar-refractivity contribution in [3.8, 4) is 17.6 Å². The lowest BCUT2D eigenvalue weighted by atomic mass is 9.87. The van der Waals surface area contributed by atoms with Crippen molar-refractivity contribution in [2.75, 3.05) is 13.5 Å². The number of halogens is 2. The van der Waals surface area contributed by atoms with Gasteiger partial charge in [0.1, 0.15) is 11.5 Å². The van der Waals surface area contributed by atoms with Gasteiger partial charge in [0, 0.05) is 12.0 Å². The molecule has 1 aliphatic carbocycles. The zero-order chi connectivity index (χ0) is 31.8. The maximum Gasteiger partial charge on any atom is 0.119 e. The molecule has 0 spiro atoms. The highest BCUT2D eigenvalue weighted by atomic mass is 35.5. The van der Waals surface area contributed by atoms with Crippen LogP contribution in [0.1, 0.15) is 106 Å². The number of alkyl halides is 2. The molecule has 0 radical (unpaired) electrons. The van der Waals surface area contributed by atoms with Gasteiger partial charge in [-0.15, -0.1) is 23.2 Å². The number of nitrogens with zero attached hydrogens (tertiary/aromatic N) is 1. The fraction of sp³-hybridized carbons (Fsp3) is 0.514. The van der Waals surface area contributed by atoms with E-state index in [1.165, 1.54) is 12.0 Å². The van der Waals surface area contributed by atoms with Crippen LogP contribution in [-0.4, -0.2) is 18.6 Å². The Bertz CT molecular complexity index is 1010. The lowest BCUT2D eigenvalue weighted by Gasteiger charge is -2.20. The first-order valence-corrected chi connectivity index (χ1v) is 15.4. The summed E-state index contributed by atoms with van der Waals surface area (Å²) in [4.78, 5) is -0.283. The second-order valence-corrected chi connectivity index (χ2v) is 10.3. The number of hydrogen-bond acceptors (Lipinski definition) is 3. The maximum atomic E-state index is 9.18. The van der Waals surface area contributed by atoms with Crippen molar-refractivity contribution in [2.45, 2.75) is 105 Å². The van der Waals surface area contributed by atoms with Gasteiger partial charge in [0.2, 0.25) is 0 Å². The Morgan fingerprint density at radius 3 is 1.88 bits per heavy atom. The van der Waals surface area contributed by atoms with E-state index in [-0.39, 0.29) is 10.3 Å². The van der Waals surface area contributed by atoms with Gasteiger partial charge < -0.3 is 9.84 Å². The molecule has 40 heavy (non-hydrogen) atoms. The molecule has 5 heteroatoms. The van der Waals surface area contributed by atoms with Crippen LogP contribution in [0.2, 0.25) is 0 Å². The van der Waals surface area contributed by atoms with Crippen LogP contribution < -0.4 is 4.74 Å². The van der Waals surface area contributed by atoms with Crippen molar-refractivity contribution in [3.63, 3.8) is 0 Å². The van der Waals surface area contributed by atoms with Crippen LogP contribution in [0.4, 0.5) is 0 Å². The minimum atomic E-state index is -0.283. The van der Waals surface area contributed by atoms with Gasteiger partial charge in [0.05, 0.1) is 18.1 Å². The Labute approximate surface area is 256 Å². The third-order valence-electron chi connectivity index (χ3n) is 5.83. The summed E-state index contributed by atoms with van der Waals surface area (Å²) < 4.78 is 5.14. The molecule has 1 aliphatic rings. The van der Waals surface area contributed by atoms with Gasteiger partial charge in [-0.2, -0.15) is 5.26 Å². The predicted molar refractivity (Wildman–Crippen MR) is 179 cm³/mol. The molecular formula is C35H55Cl2NO2. The molecule has 0 bridgehead atoms. The lowest BCUT2D eigenvalue weighted by molar-refractivity contribution is 0.413. The van der Waals surface area contributed by atoms with Crippen molar-refractivity contribution in [1.29, 1.82) is 5.26 Å². The summed E-state index contributed by atoms with van der Waals surface area (Å²) in [5, 5.41) is 17.8. The van der Waals surface area contributed by atoms with E-state index in [2.05, 4.69) is 64.4 Å². The average molecular weight is 593 g/mol. The number of nitriles is 1. The number of rotatable bonds is 4. The number of allylic oxidation sites excluding steroid dienone is 4. The first-order valence-electron chi connectivity index (χ1n) is 14.3.